The van der Waals surface area contributed by atoms with Gasteiger partial charge in [-0.1, -0.05) is 37.1 Å². The van der Waals surface area contributed by atoms with Crippen LogP contribution >= 0.6 is 0 Å². The monoisotopic (exact) mass is 516 g/mol. The van der Waals surface area contributed by atoms with Gasteiger partial charge in [0, 0.05) is 17.3 Å². The van der Waals surface area contributed by atoms with Gasteiger partial charge in [0.2, 0.25) is 5.91 Å². The molecule has 0 radical (unpaired) electrons. The van der Waals surface area contributed by atoms with Crippen molar-refractivity contribution in [2.75, 3.05) is 25.2 Å². The summed E-state index contributed by atoms with van der Waals surface area (Å²) in [5.74, 6) is 0.581. The number of nitrogens with zero attached hydrogens (tertiary/aromatic N) is 1. The lowest BCUT2D eigenvalue weighted by Gasteiger charge is -2.33. The quantitative estimate of drug-likeness (QED) is 0.462. The highest BCUT2D eigenvalue weighted by Crippen LogP contribution is 2.38. The fraction of sp³-hybridized carbons (Fsp3) is 0.333. The SMILES string of the molecule is COc1cc([C@H](C(=O)NC2CCCC2)N(C(=O)c2ccc3c(c2)OCCO3)c2ccccc2C)ccc1O. The number of carbonyl (C=O) groups is 2. The van der Waals surface area contributed by atoms with Gasteiger partial charge in [-0.25, -0.2) is 0 Å². The minimum Gasteiger partial charge on any atom is -0.504 e. The summed E-state index contributed by atoms with van der Waals surface area (Å²) in [5.41, 5.74) is 2.32. The molecule has 0 saturated heterocycles. The van der Waals surface area contributed by atoms with E-state index in [9.17, 15) is 14.7 Å². The number of anilines is 1. The van der Waals surface area contributed by atoms with Gasteiger partial charge in [-0.2, -0.15) is 0 Å². The number of benzene rings is 3. The number of methoxy groups -OCH3 is 1. The minimum atomic E-state index is -1.02. The van der Waals surface area contributed by atoms with E-state index in [-0.39, 0.29) is 29.4 Å². The highest BCUT2D eigenvalue weighted by atomic mass is 16.6. The first kappa shape index (κ1) is 25.4. The average molecular weight is 517 g/mol. The van der Waals surface area contributed by atoms with E-state index in [4.69, 9.17) is 14.2 Å². The van der Waals surface area contributed by atoms with Crippen LogP contribution in [0.4, 0.5) is 5.69 Å². The summed E-state index contributed by atoms with van der Waals surface area (Å²) in [6.45, 7) is 2.75. The Balaban J connectivity index is 1.64. The van der Waals surface area contributed by atoms with Crippen molar-refractivity contribution in [1.29, 1.82) is 0 Å². The molecule has 0 spiro atoms. The first-order valence-corrected chi connectivity index (χ1v) is 12.9. The van der Waals surface area contributed by atoms with Gasteiger partial charge in [0.1, 0.15) is 19.3 Å². The van der Waals surface area contributed by atoms with Crippen molar-refractivity contribution >= 4 is 17.5 Å². The standard InChI is InChI=1S/C30H32N2O6/c1-19-7-3-6-10-23(19)32(30(35)21-12-14-25-27(18-21)38-16-15-37-25)28(29(34)31-22-8-4-5-9-22)20-11-13-24(33)26(17-20)36-2/h3,6-7,10-14,17-18,22,28,33H,4-5,8-9,15-16H2,1-2H3,(H,31,34)/t28-/m1/s1. The van der Waals surface area contributed by atoms with Crippen LogP contribution in [0.25, 0.3) is 0 Å². The Morgan fingerprint density at radius 2 is 1.74 bits per heavy atom. The number of amides is 2. The van der Waals surface area contributed by atoms with E-state index in [2.05, 4.69) is 5.32 Å². The summed E-state index contributed by atoms with van der Waals surface area (Å²) < 4.78 is 16.7. The Labute approximate surface area is 222 Å². The second-order valence-electron chi connectivity index (χ2n) is 9.64. The van der Waals surface area contributed by atoms with Crippen LogP contribution in [-0.2, 0) is 4.79 Å². The third kappa shape index (κ3) is 5.11. The van der Waals surface area contributed by atoms with Gasteiger partial charge in [-0.15, -0.1) is 0 Å². The van der Waals surface area contributed by atoms with Crippen LogP contribution in [0.5, 0.6) is 23.0 Å². The average Bonchev–Trinajstić information content (AvgIpc) is 3.45. The Morgan fingerprint density at radius 3 is 2.47 bits per heavy atom. The highest BCUT2D eigenvalue weighted by molar-refractivity contribution is 6.10. The Kier molecular flexibility index (Phi) is 7.40. The number of fused-ring (bicyclic) bond motifs is 1. The first-order chi connectivity index (χ1) is 18.5. The van der Waals surface area contributed by atoms with Crippen molar-refractivity contribution in [2.24, 2.45) is 0 Å². The zero-order valence-electron chi connectivity index (χ0n) is 21.6. The lowest BCUT2D eigenvalue weighted by molar-refractivity contribution is -0.123. The van der Waals surface area contributed by atoms with Crippen molar-refractivity contribution in [2.45, 2.75) is 44.7 Å². The van der Waals surface area contributed by atoms with E-state index in [0.717, 1.165) is 31.2 Å². The number of phenols is 1. The smallest absolute Gasteiger partial charge is 0.259 e. The predicted octanol–water partition coefficient (Wildman–Crippen LogP) is 4.93. The van der Waals surface area contributed by atoms with E-state index in [1.807, 2.05) is 31.2 Å². The molecule has 2 amide bonds. The van der Waals surface area contributed by atoms with Gasteiger partial charge >= 0.3 is 0 Å². The first-order valence-electron chi connectivity index (χ1n) is 12.9. The van der Waals surface area contributed by atoms with Gasteiger partial charge in [0.05, 0.1) is 7.11 Å². The van der Waals surface area contributed by atoms with Gasteiger partial charge in [-0.3, -0.25) is 14.5 Å². The molecule has 1 fully saturated rings. The van der Waals surface area contributed by atoms with Crippen molar-refractivity contribution in [3.05, 3.63) is 77.4 Å². The van der Waals surface area contributed by atoms with Crippen LogP contribution < -0.4 is 24.4 Å². The van der Waals surface area contributed by atoms with Crippen molar-refractivity contribution in [3.8, 4) is 23.0 Å². The molecule has 5 rings (SSSR count). The van der Waals surface area contributed by atoms with Gasteiger partial charge in [0.25, 0.3) is 5.91 Å². The lowest BCUT2D eigenvalue weighted by atomic mass is 9.99. The lowest BCUT2D eigenvalue weighted by Crippen LogP contribution is -2.46. The molecule has 1 heterocycles. The Hall–Kier alpha value is -4.20. The molecule has 198 valence electrons. The molecule has 0 unspecified atom stereocenters. The third-order valence-electron chi connectivity index (χ3n) is 7.11. The van der Waals surface area contributed by atoms with Crippen LogP contribution in [0.3, 0.4) is 0 Å². The van der Waals surface area contributed by atoms with Crippen LogP contribution in [0, 0.1) is 6.92 Å². The molecule has 2 aliphatic rings. The Morgan fingerprint density at radius 1 is 1.00 bits per heavy atom. The molecule has 2 N–H and O–H groups in total. The summed E-state index contributed by atoms with van der Waals surface area (Å²) in [4.78, 5) is 29.9. The molecule has 1 aliphatic carbocycles. The zero-order chi connectivity index (χ0) is 26.6. The fourth-order valence-corrected chi connectivity index (χ4v) is 5.15. The number of hydrogen-bond donors (Lipinski definition) is 2. The second-order valence-corrected chi connectivity index (χ2v) is 9.64. The highest BCUT2D eigenvalue weighted by Gasteiger charge is 2.36. The van der Waals surface area contributed by atoms with E-state index in [0.29, 0.717) is 41.5 Å². The molecule has 0 bridgehead atoms. The molecule has 8 heteroatoms. The molecule has 0 aromatic heterocycles. The van der Waals surface area contributed by atoms with E-state index >= 15 is 0 Å². The number of aryl methyl sites for hydroxylation is 1. The number of para-hydroxylation sites is 1. The molecule has 1 atom stereocenters. The largest absolute Gasteiger partial charge is 0.504 e. The summed E-state index contributed by atoms with van der Waals surface area (Å²) in [6.07, 6.45) is 3.91. The molecule has 3 aromatic carbocycles. The second kappa shape index (κ2) is 11.0. The molecule has 8 nitrogen and oxygen atoms in total. The number of ether oxygens (including phenoxy) is 3. The minimum absolute atomic E-state index is 0.0483. The number of hydrogen-bond acceptors (Lipinski definition) is 6. The third-order valence-corrected chi connectivity index (χ3v) is 7.11. The number of rotatable bonds is 7. The predicted molar refractivity (Wildman–Crippen MR) is 143 cm³/mol. The topological polar surface area (TPSA) is 97.3 Å². The fourth-order valence-electron chi connectivity index (χ4n) is 5.15. The molecular weight excluding hydrogens is 484 g/mol. The van der Waals surface area contributed by atoms with Gasteiger partial charge in [0.15, 0.2) is 23.0 Å². The molecule has 1 saturated carbocycles. The van der Waals surface area contributed by atoms with Crippen LogP contribution in [0.1, 0.15) is 53.2 Å². The number of aromatic hydroxyl groups is 1. The normalized spacial score (nSPS) is 15.5. The summed E-state index contributed by atoms with van der Waals surface area (Å²) in [5, 5.41) is 13.4. The van der Waals surface area contributed by atoms with Gasteiger partial charge in [-0.05, 0) is 67.3 Å². The number of carbonyl (C=O) groups excluding carboxylic acids is 2. The summed E-state index contributed by atoms with van der Waals surface area (Å²) >= 11 is 0. The van der Waals surface area contributed by atoms with Crippen LogP contribution in [-0.4, -0.2) is 43.3 Å². The van der Waals surface area contributed by atoms with E-state index in [1.54, 1.807) is 30.3 Å². The summed E-state index contributed by atoms with van der Waals surface area (Å²) in [6, 6.07) is 16.3. The zero-order valence-corrected chi connectivity index (χ0v) is 21.6. The van der Waals surface area contributed by atoms with E-state index in [1.165, 1.54) is 18.1 Å². The summed E-state index contributed by atoms with van der Waals surface area (Å²) in [7, 11) is 1.45. The van der Waals surface area contributed by atoms with E-state index < -0.39 is 6.04 Å². The molecule has 3 aromatic rings. The van der Waals surface area contributed by atoms with Crippen molar-refractivity contribution in [3.63, 3.8) is 0 Å². The maximum atomic E-state index is 14.3. The van der Waals surface area contributed by atoms with Crippen LogP contribution in [0.2, 0.25) is 0 Å². The van der Waals surface area contributed by atoms with Crippen molar-refractivity contribution in [1.82, 2.24) is 5.32 Å². The molecule has 38 heavy (non-hydrogen) atoms. The maximum absolute atomic E-state index is 14.3. The number of phenolic OH excluding ortho intramolecular Hbond substituents is 1. The van der Waals surface area contributed by atoms with Gasteiger partial charge < -0.3 is 24.6 Å². The van der Waals surface area contributed by atoms with Crippen molar-refractivity contribution < 1.29 is 28.9 Å². The number of nitrogens with one attached hydrogen (secondary N) is 1. The maximum Gasteiger partial charge on any atom is 0.259 e. The molecule has 1 aliphatic heterocycles. The Bertz CT molecular complexity index is 1330. The molecular formula is C30H32N2O6. The van der Waals surface area contributed by atoms with Crippen LogP contribution in [0.15, 0.2) is 60.7 Å².